The molecule has 1 heterocycles. The second kappa shape index (κ2) is 2.65. The van der Waals surface area contributed by atoms with Crippen molar-refractivity contribution in [2.45, 2.75) is 0 Å². The van der Waals surface area contributed by atoms with Gasteiger partial charge < -0.3 is 10.6 Å². The Labute approximate surface area is 76.3 Å². The largest absolute Gasteiger partial charge is 0.398 e. The molecule has 3 N–H and O–H groups in total. The van der Waals surface area contributed by atoms with Crippen molar-refractivity contribution in [3.63, 3.8) is 0 Å². The molecule has 4 nitrogen and oxygen atoms in total. The standard InChI is InChI=1S/C9H12N4/c1-13(2)6-3-8(10)7-5-11-12-9(7)4-6/h3-5H,10H2,1-2H3,(H,11,12). The number of aromatic nitrogens is 2. The fourth-order valence-corrected chi connectivity index (χ4v) is 1.32. The fourth-order valence-electron chi connectivity index (χ4n) is 1.32. The number of hydrogen-bond donors (Lipinski definition) is 2. The quantitative estimate of drug-likeness (QED) is 0.642. The lowest BCUT2D eigenvalue weighted by atomic mass is 10.2. The molecule has 0 aliphatic heterocycles. The molecule has 68 valence electrons. The summed E-state index contributed by atoms with van der Waals surface area (Å²) in [7, 11) is 3.97. The van der Waals surface area contributed by atoms with Gasteiger partial charge in [0.1, 0.15) is 0 Å². The molecule has 0 fully saturated rings. The predicted molar refractivity (Wildman–Crippen MR) is 54.8 cm³/mol. The highest BCUT2D eigenvalue weighted by molar-refractivity contribution is 5.93. The van der Waals surface area contributed by atoms with E-state index in [9.17, 15) is 0 Å². The first-order valence-electron chi connectivity index (χ1n) is 4.08. The van der Waals surface area contributed by atoms with E-state index in [0.29, 0.717) is 0 Å². The van der Waals surface area contributed by atoms with Crippen LogP contribution in [0.2, 0.25) is 0 Å². The first kappa shape index (κ1) is 7.91. The monoisotopic (exact) mass is 176 g/mol. The topological polar surface area (TPSA) is 57.9 Å². The van der Waals surface area contributed by atoms with Gasteiger partial charge in [0.15, 0.2) is 0 Å². The van der Waals surface area contributed by atoms with Crippen molar-refractivity contribution in [1.82, 2.24) is 10.2 Å². The Morgan fingerprint density at radius 1 is 1.38 bits per heavy atom. The van der Waals surface area contributed by atoms with E-state index in [2.05, 4.69) is 10.2 Å². The average Bonchev–Trinajstić information content (AvgIpc) is 2.51. The number of anilines is 2. The average molecular weight is 176 g/mol. The van der Waals surface area contributed by atoms with Crippen LogP contribution in [0.15, 0.2) is 18.3 Å². The Morgan fingerprint density at radius 3 is 2.85 bits per heavy atom. The number of nitrogens with zero attached hydrogens (tertiary/aromatic N) is 2. The first-order chi connectivity index (χ1) is 6.18. The third-order valence-corrected chi connectivity index (χ3v) is 2.09. The van der Waals surface area contributed by atoms with Crippen molar-refractivity contribution in [1.29, 1.82) is 0 Å². The zero-order valence-corrected chi connectivity index (χ0v) is 7.70. The number of aromatic amines is 1. The van der Waals surface area contributed by atoms with E-state index in [0.717, 1.165) is 22.3 Å². The fraction of sp³-hybridized carbons (Fsp3) is 0.222. The lowest BCUT2D eigenvalue weighted by Crippen LogP contribution is -2.08. The molecule has 0 aliphatic rings. The van der Waals surface area contributed by atoms with Crippen LogP contribution >= 0.6 is 0 Å². The van der Waals surface area contributed by atoms with Crippen molar-refractivity contribution in [3.05, 3.63) is 18.3 Å². The molecule has 1 aromatic heterocycles. The molecule has 2 rings (SSSR count). The molecule has 2 aromatic rings. The molecule has 4 heteroatoms. The third-order valence-electron chi connectivity index (χ3n) is 2.09. The molecule has 0 unspecified atom stereocenters. The van der Waals surface area contributed by atoms with E-state index < -0.39 is 0 Å². The Kier molecular flexibility index (Phi) is 1.62. The minimum absolute atomic E-state index is 0.759. The summed E-state index contributed by atoms with van der Waals surface area (Å²) in [6, 6.07) is 3.97. The molecule has 13 heavy (non-hydrogen) atoms. The van der Waals surface area contributed by atoms with Crippen molar-refractivity contribution in [3.8, 4) is 0 Å². The normalized spacial score (nSPS) is 10.6. The maximum absolute atomic E-state index is 5.85. The molecule has 1 aromatic carbocycles. The number of hydrogen-bond acceptors (Lipinski definition) is 3. The number of nitrogens with one attached hydrogen (secondary N) is 1. The summed E-state index contributed by atoms with van der Waals surface area (Å²) in [6.45, 7) is 0. The van der Waals surface area contributed by atoms with Crippen LogP contribution in [0.4, 0.5) is 11.4 Å². The lowest BCUT2D eigenvalue weighted by Gasteiger charge is -2.12. The highest BCUT2D eigenvalue weighted by Crippen LogP contribution is 2.25. The van der Waals surface area contributed by atoms with Gasteiger partial charge in [-0.15, -0.1) is 0 Å². The molecule has 0 spiro atoms. The number of benzene rings is 1. The Balaban J connectivity index is 2.70. The van der Waals surface area contributed by atoms with Crippen LogP contribution in [-0.4, -0.2) is 24.3 Å². The van der Waals surface area contributed by atoms with Gasteiger partial charge >= 0.3 is 0 Å². The minimum Gasteiger partial charge on any atom is -0.398 e. The summed E-state index contributed by atoms with van der Waals surface area (Å²) in [5, 5.41) is 7.82. The van der Waals surface area contributed by atoms with Crippen molar-refractivity contribution < 1.29 is 0 Å². The summed E-state index contributed by atoms with van der Waals surface area (Å²) in [5.41, 5.74) is 8.67. The highest BCUT2D eigenvalue weighted by Gasteiger charge is 2.03. The number of nitrogen functional groups attached to an aromatic ring is 1. The Hall–Kier alpha value is -1.71. The molecule has 0 amide bonds. The van der Waals surface area contributed by atoms with Crippen molar-refractivity contribution in [2.24, 2.45) is 0 Å². The Bertz CT molecular complexity index is 430. The van der Waals surface area contributed by atoms with Crippen molar-refractivity contribution >= 4 is 22.3 Å². The number of fused-ring (bicyclic) bond motifs is 1. The van der Waals surface area contributed by atoms with Gasteiger partial charge in [0.05, 0.1) is 11.7 Å². The third kappa shape index (κ3) is 1.20. The van der Waals surface area contributed by atoms with E-state index in [-0.39, 0.29) is 0 Å². The molecule has 0 aliphatic carbocycles. The summed E-state index contributed by atoms with van der Waals surface area (Å²) >= 11 is 0. The zero-order chi connectivity index (χ0) is 9.42. The molecule has 0 atom stereocenters. The smallest absolute Gasteiger partial charge is 0.0691 e. The highest BCUT2D eigenvalue weighted by atomic mass is 15.1. The van der Waals surface area contributed by atoms with Gasteiger partial charge in [0.25, 0.3) is 0 Å². The van der Waals surface area contributed by atoms with E-state index >= 15 is 0 Å². The molecule has 0 saturated heterocycles. The van der Waals surface area contributed by atoms with Crippen molar-refractivity contribution in [2.75, 3.05) is 24.7 Å². The maximum Gasteiger partial charge on any atom is 0.0691 e. The van der Waals surface area contributed by atoms with Crippen LogP contribution in [0.25, 0.3) is 10.9 Å². The molecule has 0 saturated carbocycles. The zero-order valence-electron chi connectivity index (χ0n) is 7.70. The van der Waals surface area contributed by atoms with Gasteiger partial charge in [-0.1, -0.05) is 0 Å². The van der Waals surface area contributed by atoms with Crippen LogP contribution in [0.1, 0.15) is 0 Å². The maximum atomic E-state index is 5.85. The van der Waals surface area contributed by atoms with Gasteiger partial charge in [-0.25, -0.2) is 0 Å². The second-order valence-electron chi connectivity index (χ2n) is 3.26. The predicted octanol–water partition coefficient (Wildman–Crippen LogP) is 1.21. The molecular formula is C9H12N4. The SMILES string of the molecule is CN(C)c1cc(N)c2cn[nH]c2c1. The van der Waals surface area contributed by atoms with Crippen LogP contribution in [0.3, 0.4) is 0 Å². The van der Waals surface area contributed by atoms with E-state index in [1.54, 1.807) is 6.20 Å². The number of rotatable bonds is 1. The Morgan fingerprint density at radius 2 is 2.15 bits per heavy atom. The van der Waals surface area contributed by atoms with Gasteiger partial charge in [0, 0.05) is 30.9 Å². The molecule has 0 radical (unpaired) electrons. The van der Waals surface area contributed by atoms with Gasteiger partial charge in [-0.05, 0) is 12.1 Å². The van der Waals surface area contributed by atoms with Gasteiger partial charge in [-0.2, -0.15) is 5.10 Å². The summed E-state index contributed by atoms with van der Waals surface area (Å²) < 4.78 is 0. The molecular weight excluding hydrogens is 164 g/mol. The van der Waals surface area contributed by atoms with E-state index in [1.165, 1.54) is 0 Å². The first-order valence-corrected chi connectivity index (χ1v) is 4.08. The summed E-state index contributed by atoms with van der Waals surface area (Å²) in [5.74, 6) is 0. The second-order valence-corrected chi connectivity index (χ2v) is 3.26. The lowest BCUT2D eigenvalue weighted by molar-refractivity contribution is 1.11. The van der Waals surface area contributed by atoms with Crippen LogP contribution < -0.4 is 10.6 Å². The van der Waals surface area contributed by atoms with Crippen LogP contribution in [0.5, 0.6) is 0 Å². The van der Waals surface area contributed by atoms with Gasteiger partial charge in [0.2, 0.25) is 0 Å². The van der Waals surface area contributed by atoms with E-state index in [4.69, 9.17) is 5.73 Å². The molecule has 0 bridgehead atoms. The summed E-state index contributed by atoms with van der Waals surface area (Å²) in [6.07, 6.45) is 1.74. The minimum atomic E-state index is 0.759. The van der Waals surface area contributed by atoms with Crippen LogP contribution in [-0.2, 0) is 0 Å². The number of H-pyrrole nitrogens is 1. The van der Waals surface area contributed by atoms with E-state index in [1.807, 2.05) is 31.1 Å². The van der Waals surface area contributed by atoms with Gasteiger partial charge in [-0.3, -0.25) is 5.10 Å². The van der Waals surface area contributed by atoms with Crippen LogP contribution in [0, 0.1) is 0 Å². The summed E-state index contributed by atoms with van der Waals surface area (Å²) in [4.78, 5) is 2.01. The number of nitrogens with two attached hydrogens (primary N) is 1.